The number of rotatable bonds is 3. The van der Waals surface area contributed by atoms with Crippen molar-refractivity contribution in [3.8, 4) is 11.5 Å². The van der Waals surface area contributed by atoms with E-state index in [0.29, 0.717) is 17.5 Å². The topological polar surface area (TPSA) is 89.2 Å². The Morgan fingerprint density at radius 3 is 2.41 bits per heavy atom. The molecule has 1 saturated carbocycles. The lowest BCUT2D eigenvalue weighted by atomic mass is 9.87. The Morgan fingerprint density at radius 2 is 1.67 bits per heavy atom. The number of benzene rings is 2. The number of halogens is 1. The van der Waals surface area contributed by atoms with E-state index >= 15 is 0 Å². The zero-order chi connectivity index (χ0) is 18.9. The molecule has 2 aliphatic rings. The second kappa shape index (κ2) is 6.90. The molecule has 6 nitrogen and oxygen atoms in total. The Balaban J connectivity index is 1.75. The van der Waals surface area contributed by atoms with Crippen LogP contribution in [0.3, 0.4) is 0 Å². The molecule has 0 saturated heterocycles. The fourth-order valence-electron chi connectivity index (χ4n) is 3.83. The summed E-state index contributed by atoms with van der Waals surface area (Å²) in [5.74, 6) is 1.34. The van der Waals surface area contributed by atoms with Gasteiger partial charge in [-0.15, -0.1) is 0 Å². The van der Waals surface area contributed by atoms with E-state index in [4.69, 9.17) is 16.2 Å². The van der Waals surface area contributed by atoms with Gasteiger partial charge in [0, 0.05) is 0 Å². The summed E-state index contributed by atoms with van der Waals surface area (Å²) < 4.78 is 19.2. The van der Waals surface area contributed by atoms with Gasteiger partial charge in [-0.1, -0.05) is 18.6 Å². The molecular weight excluding hydrogens is 345 g/mol. The zero-order valence-corrected chi connectivity index (χ0v) is 14.9. The molecule has 0 aromatic heterocycles. The average Bonchev–Trinajstić information content (AvgIpc) is 2.65. The molecule has 1 aliphatic heterocycles. The van der Waals surface area contributed by atoms with Crippen molar-refractivity contribution < 1.29 is 9.13 Å². The van der Waals surface area contributed by atoms with Gasteiger partial charge in [-0.05, 0) is 62.1 Å². The lowest BCUT2D eigenvalue weighted by Crippen LogP contribution is -2.58. The van der Waals surface area contributed by atoms with Crippen LogP contribution in [0.5, 0.6) is 11.5 Å². The van der Waals surface area contributed by atoms with Crippen molar-refractivity contribution in [3.63, 3.8) is 0 Å². The molecule has 0 bridgehead atoms. The van der Waals surface area contributed by atoms with Crippen molar-refractivity contribution in [2.24, 2.45) is 21.5 Å². The molecule has 2 aromatic rings. The highest BCUT2D eigenvalue weighted by Crippen LogP contribution is 2.43. The van der Waals surface area contributed by atoms with E-state index < -0.39 is 5.66 Å². The van der Waals surface area contributed by atoms with Crippen molar-refractivity contribution in [1.29, 1.82) is 0 Å². The molecule has 7 heteroatoms. The van der Waals surface area contributed by atoms with Crippen molar-refractivity contribution in [1.82, 2.24) is 0 Å². The van der Waals surface area contributed by atoms with Gasteiger partial charge >= 0.3 is 0 Å². The Kier molecular flexibility index (Phi) is 4.43. The van der Waals surface area contributed by atoms with Crippen LogP contribution in [-0.4, -0.2) is 17.6 Å². The van der Waals surface area contributed by atoms with Gasteiger partial charge in [-0.3, -0.25) is 4.90 Å². The van der Waals surface area contributed by atoms with Gasteiger partial charge in [-0.25, -0.2) is 9.38 Å². The quantitative estimate of drug-likeness (QED) is 0.865. The van der Waals surface area contributed by atoms with Gasteiger partial charge in [-0.2, -0.15) is 4.99 Å². The fraction of sp³-hybridized carbons (Fsp3) is 0.300. The highest BCUT2D eigenvalue weighted by Gasteiger charge is 2.43. The van der Waals surface area contributed by atoms with Gasteiger partial charge in [0.15, 0.2) is 5.75 Å². The molecule has 1 fully saturated rings. The average molecular weight is 367 g/mol. The summed E-state index contributed by atoms with van der Waals surface area (Å²) in [5.41, 5.74) is 12.5. The summed E-state index contributed by atoms with van der Waals surface area (Å²) in [6.07, 6.45) is 4.93. The van der Waals surface area contributed by atoms with E-state index in [9.17, 15) is 4.39 Å². The van der Waals surface area contributed by atoms with Crippen LogP contribution in [0, 0.1) is 5.82 Å². The van der Waals surface area contributed by atoms with Crippen molar-refractivity contribution >= 4 is 17.6 Å². The zero-order valence-electron chi connectivity index (χ0n) is 14.9. The first kappa shape index (κ1) is 17.3. The van der Waals surface area contributed by atoms with Crippen LogP contribution in [0.4, 0.5) is 10.1 Å². The lowest BCUT2D eigenvalue weighted by Gasteiger charge is -2.45. The molecule has 140 valence electrons. The second-order valence-electron chi connectivity index (χ2n) is 6.84. The van der Waals surface area contributed by atoms with E-state index in [2.05, 4.69) is 9.98 Å². The molecule has 1 aliphatic carbocycles. The van der Waals surface area contributed by atoms with Crippen LogP contribution in [0.2, 0.25) is 0 Å². The minimum Gasteiger partial charge on any atom is -0.455 e. The number of para-hydroxylation sites is 2. The summed E-state index contributed by atoms with van der Waals surface area (Å²) in [5, 5.41) is 0. The standard InChI is InChI=1S/C20H22FN5O/c21-14-8-10-15(11-9-14)27-17-7-3-2-6-16(17)26-19(23)24-18(22)25-20(26)12-4-1-5-13-20/h2-3,6-11H,1,4-5,12-13H2,(H4,22,23,24,25). The number of ether oxygens (including phenoxy) is 1. The van der Waals surface area contributed by atoms with Crippen LogP contribution in [0.15, 0.2) is 58.5 Å². The van der Waals surface area contributed by atoms with Crippen LogP contribution >= 0.6 is 0 Å². The third-order valence-electron chi connectivity index (χ3n) is 5.00. The number of nitrogens with zero attached hydrogens (tertiary/aromatic N) is 3. The summed E-state index contributed by atoms with van der Waals surface area (Å²) in [4.78, 5) is 10.8. The summed E-state index contributed by atoms with van der Waals surface area (Å²) >= 11 is 0. The Hall–Kier alpha value is -3.09. The lowest BCUT2D eigenvalue weighted by molar-refractivity contribution is 0.304. The Bertz CT molecular complexity index is 888. The van der Waals surface area contributed by atoms with E-state index in [-0.39, 0.29) is 11.8 Å². The maximum Gasteiger partial charge on any atom is 0.220 e. The predicted octanol–water partition coefficient (Wildman–Crippen LogP) is 3.73. The first-order valence-corrected chi connectivity index (χ1v) is 9.10. The maximum atomic E-state index is 13.2. The molecular formula is C20H22FN5O. The van der Waals surface area contributed by atoms with E-state index in [1.807, 2.05) is 29.2 Å². The van der Waals surface area contributed by atoms with Gasteiger partial charge < -0.3 is 16.2 Å². The molecule has 0 radical (unpaired) electrons. The molecule has 0 unspecified atom stereocenters. The number of aliphatic imine (C=N–C) groups is 2. The van der Waals surface area contributed by atoms with Gasteiger partial charge in [0.1, 0.15) is 17.2 Å². The minimum absolute atomic E-state index is 0.211. The third kappa shape index (κ3) is 3.32. The van der Waals surface area contributed by atoms with Crippen LogP contribution in [-0.2, 0) is 0 Å². The smallest absolute Gasteiger partial charge is 0.220 e. The van der Waals surface area contributed by atoms with Crippen molar-refractivity contribution in [2.45, 2.75) is 37.8 Å². The molecule has 4 rings (SSSR count). The summed E-state index contributed by atoms with van der Waals surface area (Å²) in [7, 11) is 0. The molecule has 0 atom stereocenters. The Labute approximate surface area is 157 Å². The van der Waals surface area contributed by atoms with E-state index in [1.54, 1.807) is 12.1 Å². The number of hydrogen-bond donors (Lipinski definition) is 2. The first-order valence-electron chi connectivity index (χ1n) is 9.10. The highest BCUT2D eigenvalue weighted by atomic mass is 19.1. The molecule has 0 amide bonds. The predicted molar refractivity (Wildman–Crippen MR) is 104 cm³/mol. The van der Waals surface area contributed by atoms with Crippen molar-refractivity contribution in [2.75, 3.05) is 4.90 Å². The van der Waals surface area contributed by atoms with Gasteiger partial charge in [0.25, 0.3) is 0 Å². The molecule has 1 heterocycles. The van der Waals surface area contributed by atoms with Crippen molar-refractivity contribution in [3.05, 3.63) is 54.3 Å². The second-order valence-corrected chi connectivity index (χ2v) is 6.84. The monoisotopic (exact) mass is 367 g/mol. The number of hydrogen-bond acceptors (Lipinski definition) is 6. The van der Waals surface area contributed by atoms with E-state index in [0.717, 1.165) is 37.8 Å². The third-order valence-corrected chi connectivity index (χ3v) is 5.00. The van der Waals surface area contributed by atoms with Gasteiger partial charge in [0.05, 0.1) is 5.69 Å². The first-order chi connectivity index (χ1) is 13.1. The molecule has 4 N–H and O–H groups in total. The van der Waals surface area contributed by atoms with Crippen LogP contribution < -0.4 is 21.1 Å². The van der Waals surface area contributed by atoms with Crippen LogP contribution in [0.1, 0.15) is 32.1 Å². The normalized spacial score (nSPS) is 18.8. The van der Waals surface area contributed by atoms with Gasteiger partial charge in [0.2, 0.25) is 11.9 Å². The largest absolute Gasteiger partial charge is 0.455 e. The van der Waals surface area contributed by atoms with Crippen LogP contribution in [0.25, 0.3) is 0 Å². The fourth-order valence-corrected chi connectivity index (χ4v) is 3.83. The molecule has 1 spiro atoms. The minimum atomic E-state index is -0.545. The molecule has 27 heavy (non-hydrogen) atoms. The number of guanidine groups is 2. The number of anilines is 1. The summed E-state index contributed by atoms with van der Waals surface area (Å²) in [6, 6.07) is 13.5. The number of nitrogens with two attached hydrogens (primary N) is 2. The van der Waals surface area contributed by atoms with E-state index in [1.165, 1.54) is 12.1 Å². The SMILES string of the molecule is NC1=NC2(CCCCC2)N(c2ccccc2Oc2ccc(F)cc2)C(N)=N1. The Morgan fingerprint density at radius 1 is 0.963 bits per heavy atom. The molecule has 2 aromatic carbocycles. The highest BCUT2D eigenvalue weighted by molar-refractivity contribution is 6.06. The summed E-state index contributed by atoms with van der Waals surface area (Å²) in [6.45, 7) is 0. The maximum absolute atomic E-state index is 13.2.